The number of hydrogen-bond acceptors (Lipinski definition) is 5. The Hall–Kier alpha value is -2.07. The van der Waals surface area contributed by atoms with E-state index in [1.807, 2.05) is 0 Å². The van der Waals surface area contributed by atoms with Crippen molar-refractivity contribution in [1.82, 2.24) is 4.98 Å². The molecule has 0 radical (unpaired) electrons. The zero-order valence-corrected chi connectivity index (χ0v) is 12.8. The molecule has 0 aliphatic carbocycles. The molecule has 0 bridgehead atoms. The van der Waals surface area contributed by atoms with Gasteiger partial charge in [-0.3, -0.25) is 4.79 Å². The first-order valence-corrected chi connectivity index (χ1v) is 7.27. The summed E-state index contributed by atoms with van der Waals surface area (Å²) in [5.74, 6) is -0.592. The first-order chi connectivity index (χ1) is 10.1. The van der Waals surface area contributed by atoms with Gasteiger partial charge in [0.05, 0.1) is 15.7 Å². The number of benzene rings is 1. The average molecular weight is 339 g/mol. The number of rotatable bonds is 4. The number of carbonyl (C=O) groups excluding carboxylic acids is 1. The maximum Gasteiger partial charge on any atom is 0.267 e. The fourth-order valence-electron chi connectivity index (χ4n) is 1.37. The molecule has 0 atom stereocenters. The molecule has 2 N–H and O–H groups in total. The Balaban J connectivity index is 2.12. The van der Waals surface area contributed by atoms with Gasteiger partial charge < -0.3 is 10.6 Å². The molecule has 106 valence electrons. The summed E-state index contributed by atoms with van der Waals surface area (Å²) in [7, 11) is 0. The van der Waals surface area contributed by atoms with Gasteiger partial charge in [0.25, 0.3) is 5.91 Å². The van der Waals surface area contributed by atoms with Crippen molar-refractivity contribution in [3.05, 3.63) is 51.6 Å². The van der Waals surface area contributed by atoms with Gasteiger partial charge in [-0.2, -0.15) is 5.26 Å². The van der Waals surface area contributed by atoms with Gasteiger partial charge >= 0.3 is 0 Å². The Labute approximate surface area is 134 Å². The number of amides is 1. The highest BCUT2D eigenvalue weighted by Gasteiger charge is 2.12. The summed E-state index contributed by atoms with van der Waals surface area (Å²) in [5.41, 5.74) is 0.228. The number of halogens is 2. The van der Waals surface area contributed by atoms with Crippen molar-refractivity contribution in [3.8, 4) is 6.07 Å². The summed E-state index contributed by atoms with van der Waals surface area (Å²) >= 11 is 13.2. The second kappa shape index (κ2) is 7.09. The second-order valence-electron chi connectivity index (χ2n) is 3.71. The van der Waals surface area contributed by atoms with E-state index in [4.69, 9.17) is 28.5 Å². The number of nitriles is 1. The smallest absolute Gasteiger partial charge is 0.267 e. The van der Waals surface area contributed by atoms with Crippen LogP contribution >= 0.6 is 34.5 Å². The zero-order valence-electron chi connectivity index (χ0n) is 10.4. The number of carbonyl (C=O) groups is 1. The summed E-state index contributed by atoms with van der Waals surface area (Å²) in [5, 5.41) is 17.2. The number of hydrogen-bond donors (Lipinski definition) is 2. The van der Waals surface area contributed by atoms with E-state index in [-0.39, 0.29) is 10.6 Å². The molecular weight excluding hydrogens is 331 g/mol. The first kappa shape index (κ1) is 15.3. The number of nitrogens with one attached hydrogen (secondary N) is 2. The highest BCUT2D eigenvalue weighted by Crippen LogP contribution is 2.29. The average Bonchev–Trinajstić information content (AvgIpc) is 2.98. The van der Waals surface area contributed by atoms with Crippen LogP contribution in [0.5, 0.6) is 0 Å². The molecule has 1 aromatic carbocycles. The maximum absolute atomic E-state index is 12.0. The predicted molar refractivity (Wildman–Crippen MR) is 84.5 cm³/mol. The first-order valence-electron chi connectivity index (χ1n) is 5.63. The Morgan fingerprint density at radius 2 is 2.24 bits per heavy atom. The molecule has 2 aromatic rings. The quantitative estimate of drug-likeness (QED) is 0.654. The Morgan fingerprint density at radius 3 is 2.90 bits per heavy atom. The van der Waals surface area contributed by atoms with Gasteiger partial charge in [0.1, 0.15) is 11.6 Å². The van der Waals surface area contributed by atoms with E-state index < -0.39 is 5.91 Å². The number of thiazole rings is 1. The van der Waals surface area contributed by atoms with Crippen molar-refractivity contribution in [1.29, 1.82) is 5.26 Å². The third kappa shape index (κ3) is 3.95. The molecule has 1 heterocycles. The van der Waals surface area contributed by atoms with Crippen LogP contribution in [0, 0.1) is 11.3 Å². The van der Waals surface area contributed by atoms with Crippen LogP contribution in [0.25, 0.3) is 0 Å². The number of nitrogens with zero attached hydrogens (tertiary/aromatic N) is 2. The third-order valence-corrected chi connectivity index (χ3v) is 3.86. The SMILES string of the molecule is N#C/C(=C/Nc1nccs1)C(=O)Nc1cccc(Cl)c1Cl. The lowest BCUT2D eigenvalue weighted by atomic mass is 10.2. The van der Waals surface area contributed by atoms with Gasteiger partial charge in [-0.15, -0.1) is 11.3 Å². The predicted octanol–water partition coefficient (Wildman–Crippen LogP) is 3.91. The zero-order chi connectivity index (χ0) is 15.2. The van der Waals surface area contributed by atoms with Crippen molar-refractivity contribution in [2.75, 3.05) is 10.6 Å². The minimum Gasteiger partial charge on any atom is -0.337 e. The monoisotopic (exact) mass is 338 g/mol. The molecule has 1 aromatic heterocycles. The molecule has 21 heavy (non-hydrogen) atoms. The molecule has 0 aliphatic heterocycles. The highest BCUT2D eigenvalue weighted by atomic mass is 35.5. The van der Waals surface area contributed by atoms with Crippen LogP contribution in [0.2, 0.25) is 10.0 Å². The molecule has 0 saturated carbocycles. The summed E-state index contributed by atoms with van der Waals surface area (Å²) in [6.45, 7) is 0. The van der Waals surface area contributed by atoms with Crippen molar-refractivity contribution in [2.24, 2.45) is 0 Å². The van der Waals surface area contributed by atoms with Crippen molar-refractivity contribution >= 4 is 51.3 Å². The van der Waals surface area contributed by atoms with Crippen LogP contribution in [0.1, 0.15) is 0 Å². The second-order valence-corrected chi connectivity index (χ2v) is 5.39. The molecular formula is C13H8Cl2N4OS. The molecule has 8 heteroatoms. The molecule has 0 unspecified atom stereocenters. The molecule has 2 rings (SSSR count). The fourth-order valence-corrected chi connectivity index (χ4v) is 2.21. The lowest BCUT2D eigenvalue weighted by molar-refractivity contribution is -0.112. The summed E-state index contributed by atoms with van der Waals surface area (Å²) in [6.07, 6.45) is 2.89. The standard InChI is InChI=1S/C13H8Cl2N4OS/c14-9-2-1-3-10(11(9)15)19-12(20)8(6-16)7-18-13-17-4-5-21-13/h1-5,7H,(H,17,18)(H,19,20)/b8-7-. The summed E-state index contributed by atoms with van der Waals surface area (Å²) in [4.78, 5) is 16.0. The van der Waals surface area contributed by atoms with E-state index >= 15 is 0 Å². The topological polar surface area (TPSA) is 77.8 Å². The van der Waals surface area contributed by atoms with Crippen molar-refractivity contribution < 1.29 is 4.79 Å². The molecule has 0 aliphatic rings. The van der Waals surface area contributed by atoms with E-state index in [0.717, 1.165) is 0 Å². The van der Waals surface area contributed by atoms with Crippen LogP contribution in [-0.4, -0.2) is 10.9 Å². The molecule has 0 saturated heterocycles. The Kier molecular flexibility index (Phi) is 5.17. The van der Waals surface area contributed by atoms with Crippen molar-refractivity contribution in [2.45, 2.75) is 0 Å². The van der Waals surface area contributed by atoms with Crippen LogP contribution in [0.4, 0.5) is 10.8 Å². The lowest BCUT2D eigenvalue weighted by Gasteiger charge is -2.07. The fraction of sp³-hybridized carbons (Fsp3) is 0. The summed E-state index contributed by atoms with van der Waals surface area (Å²) in [6, 6.07) is 6.65. The van der Waals surface area contributed by atoms with E-state index in [0.29, 0.717) is 15.8 Å². The molecule has 5 nitrogen and oxygen atoms in total. The van der Waals surface area contributed by atoms with Gasteiger partial charge in [-0.1, -0.05) is 29.3 Å². The molecule has 0 spiro atoms. The molecule has 0 fully saturated rings. The van der Waals surface area contributed by atoms with Gasteiger partial charge in [0.15, 0.2) is 5.13 Å². The van der Waals surface area contributed by atoms with Gasteiger partial charge in [-0.25, -0.2) is 4.98 Å². The minimum absolute atomic E-state index is 0.110. The molecule has 1 amide bonds. The van der Waals surface area contributed by atoms with E-state index in [2.05, 4.69) is 15.6 Å². The van der Waals surface area contributed by atoms with Crippen molar-refractivity contribution in [3.63, 3.8) is 0 Å². The lowest BCUT2D eigenvalue weighted by Crippen LogP contribution is -2.14. The number of aromatic nitrogens is 1. The maximum atomic E-state index is 12.0. The van der Waals surface area contributed by atoms with Crippen LogP contribution < -0.4 is 10.6 Å². The van der Waals surface area contributed by atoms with Crippen LogP contribution in [0.3, 0.4) is 0 Å². The van der Waals surface area contributed by atoms with Gasteiger partial charge in [-0.05, 0) is 12.1 Å². The largest absolute Gasteiger partial charge is 0.337 e. The van der Waals surface area contributed by atoms with E-state index in [1.54, 1.807) is 35.8 Å². The Bertz CT molecular complexity index is 722. The van der Waals surface area contributed by atoms with E-state index in [9.17, 15) is 4.79 Å². The third-order valence-electron chi connectivity index (χ3n) is 2.34. The van der Waals surface area contributed by atoms with Crippen LogP contribution in [0.15, 0.2) is 41.5 Å². The normalized spacial score (nSPS) is 10.8. The van der Waals surface area contributed by atoms with Gasteiger partial charge in [0, 0.05) is 17.8 Å². The number of anilines is 2. The highest BCUT2D eigenvalue weighted by molar-refractivity contribution is 7.13. The van der Waals surface area contributed by atoms with Crippen LogP contribution in [-0.2, 0) is 4.79 Å². The van der Waals surface area contributed by atoms with Gasteiger partial charge in [0.2, 0.25) is 0 Å². The van der Waals surface area contributed by atoms with E-state index in [1.165, 1.54) is 17.5 Å². The summed E-state index contributed by atoms with van der Waals surface area (Å²) < 4.78 is 0. The Morgan fingerprint density at radius 1 is 1.43 bits per heavy atom. The minimum atomic E-state index is -0.592.